The van der Waals surface area contributed by atoms with Gasteiger partial charge in [-0.25, -0.2) is 8.78 Å². The lowest BCUT2D eigenvalue weighted by Crippen LogP contribution is -2.67. The maximum Gasteiger partial charge on any atom is 0.294 e. The Morgan fingerprint density at radius 3 is 2.07 bits per heavy atom. The van der Waals surface area contributed by atoms with Crippen molar-refractivity contribution in [3.63, 3.8) is 0 Å². The average molecular weight is 803 g/mol. The van der Waals surface area contributed by atoms with Gasteiger partial charge in [0.2, 0.25) is 0 Å². The van der Waals surface area contributed by atoms with Crippen molar-refractivity contribution in [1.29, 1.82) is 0 Å². The maximum absolute atomic E-state index is 14.1. The van der Waals surface area contributed by atoms with E-state index in [-0.39, 0.29) is 25.1 Å². The van der Waals surface area contributed by atoms with Crippen LogP contribution in [0.3, 0.4) is 0 Å². The SMILES string of the molecule is NC[C@@H]1O[C@H](O[C@H]2[C@@H](O)[C@H](O[C@@H]3[C@@H](O)[C@H](NC(=O)[C@@H](O)C(F)(F)CN)C[C@H](N)[C@H]3O[C@H]3O[C@H](CNCC4CC(N)C4)CC[C@H]3N)O[C@@H]2CO)[C@H](N)[C@@H](O)[C@@H]1O. The van der Waals surface area contributed by atoms with E-state index in [4.69, 9.17) is 62.8 Å². The number of alkyl halides is 2. The van der Waals surface area contributed by atoms with Gasteiger partial charge in [0.1, 0.15) is 54.9 Å². The molecule has 1 amide bonds. The van der Waals surface area contributed by atoms with Crippen LogP contribution >= 0.6 is 0 Å². The molecule has 5 aliphatic rings. The lowest BCUT2D eigenvalue weighted by atomic mass is 9.81. The molecule has 5 rings (SSSR count). The number of hydrogen-bond donors (Lipinski definition) is 14. The number of nitrogens with one attached hydrogen (secondary N) is 2. The number of halogens is 2. The second-order valence-electron chi connectivity index (χ2n) is 15.4. The van der Waals surface area contributed by atoms with E-state index < -0.39 is 129 Å². The second-order valence-corrected chi connectivity index (χ2v) is 15.4. The minimum absolute atomic E-state index is 0.213. The Morgan fingerprint density at radius 1 is 0.782 bits per heavy atom. The van der Waals surface area contributed by atoms with Crippen LogP contribution < -0.4 is 45.0 Å². The number of hydrogen-bond acceptors (Lipinski definition) is 20. The number of carbonyl (C=O) groups is 1. The number of carbonyl (C=O) groups excluding carboxylic acids is 1. The van der Waals surface area contributed by atoms with Gasteiger partial charge in [-0.15, -0.1) is 0 Å². The highest BCUT2D eigenvalue weighted by Gasteiger charge is 2.55. The predicted molar refractivity (Wildman–Crippen MR) is 184 cm³/mol. The summed E-state index contributed by atoms with van der Waals surface area (Å²) in [6.07, 6.45) is -17.8. The van der Waals surface area contributed by atoms with Gasteiger partial charge in [0.05, 0.1) is 37.4 Å². The fourth-order valence-electron chi connectivity index (χ4n) is 7.71. The van der Waals surface area contributed by atoms with Crippen molar-refractivity contribution in [2.24, 2.45) is 40.3 Å². The highest BCUT2D eigenvalue weighted by atomic mass is 19.3. The van der Waals surface area contributed by atoms with Crippen LogP contribution in [0, 0.1) is 5.92 Å². The quantitative estimate of drug-likeness (QED) is 0.0689. The first-order chi connectivity index (χ1) is 26.0. The summed E-state index contributed by atoms with van der Waals surface area (Å²) in [6.45, 7) is -1.04. The molecule has 3 saturated heterocycles. The van der Waals surface area contributed by atoms with Gasteiger partial charge < -0.3 is 104 Å². The first kappa shape index (κ1) is 44.7. The smallest absolute Gasteiger partial charge is 0.294 e. The highest BCUT2D eigenvalue weighted by Crippen LogP contribution is 2.35. The topological polar surface area (TPSA) is 374 Å². The third-order valence-corrected chi connectivity index (χ3v) is 11.2. The van der Waals surface area contributed by atoms with E-state index in [1.54, 1.807) is 0 Å². The normalized spacial score (nSPS) is 45.9. The summed E-state index contributed by atoms with van der Waals surface area (Å²) in [4.78, 5) is 12.7. The first-order valence-electron chi connectivity index (χ1n) is 18.7. The number of rotatable bonds is 16. The Bertz CT molecular complexity index is 1240. The summed E-state index contributed by atoms with van der Waals surface area (Å²) < 4.78 is 64.1. The molecule has 2 aliphatic carbocycles. The molecule has 2 saturated carbocycles. The van der Waals surface area contributed by atoms with Gasteiger partial charge in [0, 0.05) is 25.2 Å². The molecule has 55 heavy (non-hydrogen) atoms. The van der Waals surface area contributed by atoms with Crippen LogP contribution in [0.15, 0.2) is 0 Å². The average Bonchev–Trinajstić information content (AvgIpc) is 3.44. The van der Waals surface area contributed by atoms with Gasteiger partial charge in [-0.1, -0.05) is 0 Å². The molecule has 23 heteroatoms. The van der Waals surface area contributed by atoms with Crippen LogP contribution in [-0.4, -0.2) is 191 Å². The van der Waals surface area contributed by atoms with Crippen molar-refractivity contribution < 1.29 is 72.6 Å². The Kier molecular flexibility index (Phi) is 15.5. The van der Waals surface area contributed by atoms with Crippen molar-refractivity contribution in [1.82, 2.24) is 10.6 Å². The summed E-state index contributed by atoms with van der Waals surface area (Å²) in [5, 5.41) is 69.4. The van der Waals surface area contributed by atoms with Crippen LogP contribution in [0.1, 0.15) is 32.1 Å². The number of aliphatic hydroxyl groups excluding tert-OH is 6. The third-order valence-electron chi connectivity index (χ3n) is 11.2. The fourth-order valence-corrected chi connectivity index (χ4v) is 7.71. The molecule has 18 atom stereocenters. The Hall–Kier alpha value is -1.43. The van der Waals surface area contributed by atoms with Gasteiger partial charge in [0.15, 0.2) is 25.0 Å². The van der Waals surface area contributed by atoms with Crippen LogP contribution in [0.5, 0.6) is 0 Å². The molecule has 0 aromatic carbocycles. The molecule has 0 radical (unpaired) electrons. The molecule has 5 fully saturated rings. The van der Waals surface area contributed by atoms with Crippen molar-refractivity contribution in [2.45, 2.75) is 154 Å². The fraction of sp³-hybridized carbons (Fsp3) is 0.969. The zero-order valence-corrected chi connectivity index (χ0v) is 30.4. The Morgan fingerprint density at radius 2 is 1.44 bits per heavy atom. The van der Waals surface area contributed by atoms with Crippen molar-refractivity contribution in [2.75, 3.05) is 32.8 Å². The van der Waals surface area contributed by atoms with Gasteiger partial charge in [-0.3, -0.25) is 4.79 Å². The predicted octanol–water partition coefficient (Wildman–Crippen LogP) is -7.36. The largest absolute Gasteiger partial charge is 0.394 e. The van der Waals surface area contributed by atoms with Gasteiger partial charge in [-0.05, 0) is 44.6 Å². The van der Waals surface area contributed by atoms with E-state index in [2.05, 4.69) is 10.6 Å². The summed E-state index contributed by atoms with van der Waals surface area (Å²) in [7, 11) is 0. The van der Waals surface area contributed by atoms with E-state index in [9.17, 15) is 44.2 Å². The molecule has 21 nitrogen and oxygen atoms in total. The van der Waals surface area contributed by atoms with E-state index in [1.165, 1.54) is 0 Å². The van der Waals surface area contributed by atoms with Gasteiger partial charge in [-0.2, -0.15) is 0 Å². The standard InChI is InChI=1S/C32H60F2N8O13/c33-32(34,10-36)27(48)28(49)42-16-5-15(39)24(53-29-14(38)2-1-13(50-29)8-41-7-11-3-12(37)4-11)26(20(16)44)55-31-23(47)25(18(9-43)52-31)54-30-19(40)22(46)21(45)17(6-35)51-30/h11-27,29-31,41,43-48H,1-10,35-40H2,(H,42,49)/t11?,12?,13-,14+,15-,16+,17-,18+,19+,20-,21+,22+,23+,24+,25+,26+,27+,29+,30+,31-/m0/s1. The van der Waals surface area contributed by atoms with Crippen LogP contribution in [0.2, 0.25) is 0 Å². The molecular formula is C32H60F2N8O13. The zero-order chi connectivity index (χ0) is 40.4. The summed E-state index contributed by atoms with van der Waals surface area (Å²) >= 11 is 0. The van der Waals surface area contributed by atoms with Crippen molar-refractivity contribution in [3.05, 3.63) is 0 Å². The molecule has 0 aromatic heterocycles. The lowest BCUT2D eigenvalue weighted by Gasteiger charge is -2.47. The summed E-state index contributed by atoms with van der Waals surface area (Å²) in [6, 6.07) is -4.25. The number of ether oxygens (including phenoxy) is 6. The molecule has 3 heterocycles. The maximum atomic E-state index is 14.1. The minimum Gasteiger partial charge on any atom is -0.394 e. The van der Waals surface area contributed by atoms with Crippen molar-refractivity contribution >= 4 is 5.91 Å². The molecule has 0 bridgehead atoms. The molecule has 320 valence electrons. The number of aliphatic hydroxyl groups is 6. The first-order valence-corrected chi connectivity index (χ1v) is 18.7. The third kappa shape index (κ3) is 10.2. The highest BCUT2D eigenvalue weighted by molar-refractivity contribution is 5.82. The van der Waals surface area contributed by atoms with Gasteiger partial charge >= 0.3 is 0 Å². The number of amides is 1. The molecule has 20 N–H and O–H groups in total. The van der Waals surface area contributed by atoms with E-state index in [0.29, 0.717) is 25.3 Å². The van der Waals surface area contributed by atoms with Crippen LogP contribution in [0.4, 0.5) is 8.78 Å². The number of nitrogens with two attached hydrogens (primary N) is 6. The summed E-state index contributed by atoms with van der Waals surface area (Å²) in [5.74, 6) is -5.06. The lowest BCUT2D eigenvalue weighted by molar-refractivity contribution is -0.290. The van der Waals surface area contributed by atoms with Crippen LogP contribution in [0.25, 0.3) is 0 Å². The second kappa shape index (κ2) is 19.1. The van der Waals surface area contributed by atoms with E-state index >= 15 is 0 Å². The molecule has 3 aliphatic heterocycles. The summed E-state index contributed by atoms with van der Waals surface area (Å²) in [5.41, 5.74) is 35.5. The molecule has 0 spiro atoms. The molecule has 0 aromatic rings. The minimum atomic E-state index is -3.99. The van der Waals surface area contributed by atoms with Crippen LogP contribution in [-0.2, 0) is 33.2 Å². The monoisotopic (exact) mass is 802 g/mol. The zero-order valence-electron chi connectivity index (χ0n) is 30.4. The molecular weight excluding hydrogens is 742 g/mol. The van der Waals surface area contributed by atoms with Gasteiger partial charge in [0.25, 0.3) is 11.8 Å². The Balaban J connectivity index is 1.32. The Labute approximate surface area is 316 Å². The molecule has 0 unspecified atom stereocenters. The van der Waals surface area contributed by atoms with Crippen molar-refractivity contribution in [3.8, 4) is 0 Å². The van der Waals surface area contributed by atoms with E-state index in [0.717, 1.165) is 19.4 Å². The van der Waals surface area contributed by atoms with E-state index in [1.807, 2.05) is 0 Å².